The average Bonchev–Trinajstić information content (AvgIpc) is 2.46. The number of nitrogens with two attached hydrogens (primary N) is 1. The molecule has 21 heavy (non-hydrogen) atoms. The molecule has 2 unspecified atom stereocenters. The van der Waals surface area contributed by atoms with Gasteiger partial charge in [0.1, 0.15) is 0 Å². The van der Waals surface area contributed by atoms with E-state index in [2.05, 4.69) is 5.43 Å². The number of ether oxygens (including phenoxy) is 1. The molecule has 1 aliphatic rings. The minimum absolute atomic E-state index is 0.148. The van der Waals surface area contributed by atoms with E-state index in [9.17, 15) is 12.8 Å². The number of rotatable bonds is 5. The number of hydrogen-bond acceptors (Lipinski definition) is 5. The number of sulfone groups is 1. The minimum atomic E-state index is -3.18. The topological polar surface area (TPSA) is 81.4 Å². The van der Waals surface area contributed by atoms with E-state index in [1.54, 1.807) is 12.1 Å². The summed E-state index contributed by atoms with van der Waals surface area (Å²) >= 11 is 0. The minimum Gasteiger partial charge on any atom is -0.494 e. The van der Waals surface area contributed by atoms with Gasteiger partial charge in [0.25, 0.3) is 0 Å². The van der Waals surface area contributed by atoms with E-state index in [4.69, 9.17) is 10.6 Å². The van der Waals surface area contributed by atoms with Crippen LogP contribution >= 0.6 is 0 Å². The van der Waals surface area contributed by atoms with Gasteiger partial charge in [-0.05, 0) is 30.9 Å². The predicted molar refractivity (Wildman–Crippen MR) is 79.2 cm³/mol. The Balaban J connectivity index is 2.23. The van der Waals surface area contributed by atoms with Crippen LogP contribution in [0.3, 0.4) is 0 Å². The van der Waals surface area contributed by atoms with Crippen LogP contribution in [0.15, 0.2) is 18.2 Å². The van der Waals surface area contributed by atoms with Gasteiger partial charge in [-0.15, -0.1) is 0 Å². The normalized spacial score (nSPS) is 22.7. The second kappa shape index (κ2) is 6.72. The van der Waals surface area contributed by atoms with Gasteiger partial charge in [-0.2, -0.15) is 0 Å². The van der Waals surface area contributed by atoms with E-state index in [-0.39, 0.29) is 17.9 Å². The molecule has 0 saturated carbocycles. The van der Waals surface area contributed by atoms with Crippen molar-refractivity contribution in [2.45, 2.75) is 37.0 Å². The third-order valence-electron chi connectivity index (χ3n) is 3.99. The highest BCUT2D eigenvalue weighted by Gasteiger charge is 2.35. The van der Waals surface area contributed by atoms with Crippen LogP contribution in [0.4, 0.5) is 4.39 Å². The molecule has 1 aliphatic heterocycles. The van der Waals surface area contributed by atoms with Gasteiger partial charge in [-0.1, -0.05) is 18.6 Å². The van der Waals surface area contributed by atoms with Crippen molar-refractivity contribution >= 4 is 9.84 Å². The fraction of sp³-hybridized carbons (Fsp3) is 0.571. The molecule has 118 valence electrons. The highest BCUT2D eigenvalue weighted by molar-refractivity contribution is 7.92. The van der Waals surface area contributed by atoms with Crippen LogP contribution in [0, 0.1) is 5.82 Å². The zero-order valence-corrected chi connectivity index (χ0v) is 12.8. The van der Waals surface area contributed by atoms with Gasteiger partial charge in [0.2, 0.25) is 0 Å². The smallest absolute Gasteiger partial charge is 0.168 e. The lowest BCUT2D eigenvalue weighted by atomic mass is 9.99. The Labute approximate surface area is 124 Å². The molecule has 3 N–H and O–H groups in total. The van der Waals surface area contributed by atoms with Crippen molar-refractivity contribution in [1.29, 1.82) is 0 Å². The first-order valence-corrected chi connectivity index (χ1v) is 8.70. The number of hydrazine groups is 1. The molecule has 1 aromatic rings. The summed E-state index contributed by atoms with van der Waals surface area (Å²) in [4.78, 5) is 0. The van der Waals surface area contributed by atoms with Crippen LogP contribution in [-0.4, -0.2) is 32.6 Å². The van der Waals surface area contributed by atoms with Gasteiger partial charge in [-0.25, -0.2) is 12.8 Å². The lowest BCUT2D eigenvalue weighted by Gasteiger charge is -2.29. The van der Waals surface area contributed by atoms with Gasteiger partial charge in [0.15, 0.2) is 21.4 Å². The zero-order chi connectivity index (χ0) is 15.5. The molecule has 0 amide bonds. The van der Waals surface area contributed by atoms with E-state index in [1.165, 1.54) is 13.2 Å². The zero-order valence-electron chi connectivity index (χ0n) is 12.0. The number of methoxy groups -OCH3 is 1. The van der Waals surface area contributed by atoms with Crippen LogP contribution < -0.4 is 16.0 Å². The third kappa shape index (κ3) is 3.53. The Morgan fingerprint density at radius 1 is 1.48 bits per heavy atom. The van der Waals surface area contributed by atoms with Crippen molar-refractivity contribution in [2.24, 2.45) is 5.84 Å². The quantitative estimate of drug-likeness (QED) is 0.630. The Morgan fingerprint density at radius 2 is 2.24 bits per heavy atom. The molecule has 2 atom stereocenters. The summed E-state index contributed by atoms with van der Waals surface area (Å²) < 4.78 is 43.5. The first kappa shape index (κ1) is 16.2. The molecule has 0 bridgehead atoms. The molecule has 5 nitrogen and oxygen atoms in total. The summed E-state index contributed by atoms with van der Waals surface area (Å²) in [5, 5.41) is -0.568. The molecule has 0 aromatic heterocycles. The Hall–Kier alpha value is -1.18. The molecule has 2 rings (SSSR count). The molecule has 0 aliphatic carbocycles. The van der Waals surface area contributed by atoms with Crippen molar-refractivity contribution in [1.82, 2.24) is 5.43 Å². The molecule has 0 spiro atoms. The largest absolute Gasteiger partial charge is 0.494 e. The summed E-state index contributed by atoms with van der Waals surface area (Å²) in [5.41, 5.74) is 2.95. The second-order valence-corrected chi connectivity index (χ2v) is 7.65. The van der Waals surface area contributed by atoms with E-state index < -0.39 is 26.9 Å². The maximum Gasteiger partial charge on any atom is 0.168 e. The average molecular weight is 316 g/mol. The standard InChI is InChI=1S/C14H21FN2O3S/c1-20-12-6-4-5-10(14(12)15)9-11(17-16)13-7-2-3-8-21(13,18)19/h4-6,11,13,17H,2-3,7-9,16H2,1H3. The molecular formula is C14H21FN2O3S. The number of nitrogens with one attached hydrogen (secondary N) is 1. The number of benzene rings is 1. The highest BCUT2D eigenvalue weighted by atomic mass is 32.2. The van der Waals surface area contributed by atoms with Gasteiger partial charge < -0.3 is 4.74 Å². The molecule has 1 aromatic carbocycles. The molecule has 0 radical (unpaired) electrons. The van der Waals surface area contributed by atoms with Crippen molar-refractivity contribution < 1.29 is 17.5 Å². The van der Waals surface area contributed by atoms with Crippen LogP contribution in [0.5, 0.6) is 5.75 Å². The van der Waals surface area contributed by atoms with Crippen LogP contribution in [0.2, 0.25) is 0 Å². The maximum absolute atomic E-state index is 14.2. The first-order valence-electron chi connectivity index (χ1n) is 6.98. The fourth-order valence-corrected chi connectivity index (χ4v) is 4.95. The lowest BCUT2D eigenvalue weighted by Crippen LogP contribution is -2.50. The fourth-order valence-electron chi connectivity index (χ4n) is 2.84. The van der Waals surface area contributed by atoms with Crippen molar-refractivity contribution in [3.05, 3.63) is 29.6 Å². The number of halogens is 1. The molecule has 1 heterocycles. The van der Waals surface area contributed by atoms with Gasteiger partial charge >= 0.3 is 0 Å². The Bertz CT molecular complexity index is 592. The SMILES string of the molecule is COc1cccc(CC(NN)C2CCCCS2(=O)=O)c1F. The summed E-state index contributed by atoms with van der Waals surface area (Å²) in [7, 11) is -1.78. The van der Waals surface area contributed by atoms with Crippen LogP contribution in [0.25, 0.3) is 0 Å². The molecule has 1 saturated heterocycles. The predicted octanol–water partition coefficient (Wildman–Crippen LogP) is 1.18. The summed E-state index contributed by atoms with van der Waals surface area (Å²) in [6.45, 7) is 0. The summed E-state index contributed by atoms with van der Waals surface area (Å²) in [5.74, 6) is 5.39. The summed E-state index contributed by atoms with van der Waals surface area (Å²) in [6.07, 6.45) is 2.30. The van der Waals surface area contributed by atoms with E-state index in [0.29, 0.717) is 18.4 Å². The Morgan fingerprint density at radius 3 is 2.86 bits per heavy atom. The molecular weight excluding hydrogens is 295 g/mol. The molecule has 1 fully saturated rings. The van der Waals surface area contributed by atoms with E-state index in [1.807, 2.05) is 0 Å². The van der Waals surface area contributed by atoms with Gasteiger partial charge in [0.05, 0.1) is 18.1 Å². The van der Waals surface area contributed by atoms with Gasteiger partial charge in [0, 0.05) is 6.04 Å². The molecule has 7 heteroatoms. The first-order chi connectivity index (χ1) is 9.99. The highest BCUT2D eigenvalue weighted by Crippen LogP contribution is 2.26. The lowest BCUT2D eigenvalue weighted by molar-refractivity contribution is 0.380. The van der Waals surface area contributed by atoms with Crippen LogP contribution in [-0.2, 0) is 16.3 Å². The van der Waals surface area contributed by atoms with Gasteiger partial charge in [-0.3, -0.25) is 11.3 Å². The van der Waals surface area contributed by atoms with Crippen LogP contribution in [0.1, 0.15) is 24.8 Å². The van der Waals surface area contributed by atoms with Crippen molar-refractivity contribution in [2.75, 3.05) is 12.9 Å². The van der Waals surface area contributed by atoms with E-state index >= 15 is 0 Å². The monoisotopic (exact) mass is 316 g/mol. The summed E-state index contributed by atoms with van der Waals surface area (Å²) in [6, 6.07) is 4.33. The Kier molecular flexibility index (Phi) is 5.18. The van der Waals surface area contributed by atoms with Crippen molar-refractivity contribution in [3.63, 3.8) is 0 Å². The van der Waals surface area contributed by atoms with Crippen molar-refractivity contribution in [3.8, 4) is 5.75 Å². The third-order valence-corrected chi connectivity index (χ3v) is 6.34. The maximum atomic E-state index is 14.2. The second-order valence-electron chi connectivity index (χ2n) is 5.31. The number of hydrogen-bond donors (Lipinski definition) is 2. The van der Waals surface area contributed by atoms with E-state index in [0.717, 1.165) is 6.42 Å².